The van der Waals surface area contributed by atoms with Crippen LogP contribution in [0, 0.1) is 5.92 Å². The lowest BCUT2D eigenvalue weighted by atomic mass is 10.1. The third-order valence-electron chi connectivity index (χ3n) is 6.76. The summed E-state index contributed by atoms with van der Waals surface area (Å²) in [5, 5.41) is 1.72. The SMILES string of the molecule is COC(=O)c1cc(OC)ccc1OCC/C=C(/OCC1CC1)c1cccc(/C=C/c2ccc3ccc(Cl)cc3n2)c1. The number of hydrogen-bond donors (Lipinski definition) is 0. The predicted molar refractivity (Wildman–Crippen MR) is 163 cm³/mol. The number of aromatic nitrogens is 1. The summed E-state index contributed by atoms with van der Waals surface area (Å²) in [7, 11) is 2.89. The molecule has 6 nitrogen and oxygen atoms in total. The molecule has 210 valence electrons. The van der Waals surface area contributed by atoms with E-state index in [0.29, 0.717) is 47.6 Å². The summed E-state index contributed by atoms with van der Waals surface area (Å²) in [6.45, 7) is 1.06. The summed E-state index contributed by atoms with van der Waals surface area (Å²) in [5.41, 5.74) is 4.07. The maximum Gasteiger partial charge on any atom is 0.341 e. The summed E-state index contributed by atoms with van der Waals surface area (Å²) < 4.78 is 22.3. The number of benzene rings is 3. The number of carbonyl (C=O) groups excluding carboxylic acids is 1. The first-order valence-corrected chi connectivity index (χ1v) is 14.0. The van der Waals surface area contributed by atoms with E-state index in [9.17, 15) is 4.79 Å². The Kier molecular flexibility index (Phi) is 9.22. The van der Waals surface area contributed by atoms with Gasteiger partial charge in [-0.25, -0.2) is 9.78 Å². The van der Waals surface area contributed by atoms with Crippen LogP contribution >= 0.6 is 11.6 Å². The molecule has 0 aliphatic heterocycles. The second kappa shape index (κ2) is 13.4. The van der Waals surface area contributed by atoms with Gasteiger partial charge in [-0.2, -0.15) is 0 Å². The summed E-state index contributed by atoms with van der Waals surface area (Å²) in [6.07, 6.45) is 9.09. The molecule has 1 aliphatic rings. The lowest BCUT2D eigenvalue weighted by Crippen LogP contribution is -2.07. The normalized spacial score (nSPS) is 13.4. The number of hydrogen-bond acceptors (Lipinski definition) is 6. The minimum absolute atomic E-state index is 0.324. The zero-order valence-electron chi connectivity index (χ0n) is 23.1. The predicted octanol–water partition coefficient (Wildman–Crippen LogP) is 8.09. The maximum atomic E-state index is 12.2. The Morgan fingerprint density at radius 1 is 1.00 bits per heavy atom. The van der Waals surface area contributed by atoms with Crippen molar-refractivity contribution in [1.82, 2.24) is 4.98 Å². The Morgan fingerprint density at radius 3 is 2.66 bits per heavy atom. The van der Waals surface area contributed by atoms with Crippen molar-refractivity contribution in [2.24, 2.45) is 5.92 Å². The van der Waals surface area contributed by atoms with Crippen LogP contribution in [0.25, 0.3) is 28.8 Å². The molecule has 1 heterocycles. The summed E-state index contributed by atoms with van der Waals surface area (Å²) in [4.78, 5) is 16.9. The zero-order chi connectivity index (χ0) is 28.6. The zero-order valence-corrected chi connectivity index (χ0v) is 23.9. The van der Waals surface area contributed by atoms with E-state index in [4.69, 9.17) is 35.5 Å². The number of ether oxygens (including phenoxy) is 4. The molecule has 0 bridgehead atoms. The third kappa shape index (κ3) is 7.68. The molecule has 4 aromatic rings. The molecule has 1 aromatic heterocycles. The molecule has 1 fully saturated rings. The van der Waals surface area contributed by atoms with Crippen molar-refractivity contribution in [3.05, 3.63) is 106 Å². The number of halogens is 1. The van der Waals surface area contributed by atoms with E-state index in [1.807, 2.05) is 60.7 Å². The average Bonchev–Trinajstić information content (AvgIpc) is 3.84. The van der Waals surface area contributed by atoms with Crippen LogP contribution < -0.4 is 9.47 Å². The van der Waals surface area contributed by atoms with Gasteiger partial charge in [0, 0.05) is 22.4 Å². The minimum atomic E-state index is -0.476. The fourth-order valence-electron chi connectivity index (χ4n) is 4.32. The van der Waals surface area contributed by atoms with Crippen LogP contribution in [0.3, 0.4) is 0 Å². The monoisotopic (exact) mass is 569 g/mol. The molecule has 0 amide bonds. The second-order valence-electron chi connectivity index (χ2n) is 9.85. The van der Waals surface area contributed by atoms with Crippen molar-refractivity contribution >= 4 is 46.4 Å². The minimum Gasteiger partial charge on any atom is -0.497 e. The van der Waals surface area contributed by atoms with Crippen LogP contribution in [0.15, 0.2) is 78.9 Å². The highest BCUT2D eigenvalue weighted by molar-refractivity contribution is 6.31. The number of carbonyl (C=O) groups is 1. The topological polar surface area (TPSA) is 66.9 Å². The van der Waals surface area contributed by atoms with Gasteiger partial charge in [-0.1, -0.05) is 48.0 Å². The highest BCUT2D eigenvalue weighted by atomic mass is 35.5. The molecule has 1 aliphatic carbocycles. The Bertz CT molecular complexity index is 1590. The molecule has 0 radical (unpaired) electrons. The van der Waals surface area contributed by atoms with Crippen molar-refractivity contribution in [2.75, 3.05) is 27.4 Å². The summed E-state index contributed by atoms with van der Waals surface area (Å²) >= 11 is 6.15. The van der Waals surface area contributed by atoms with E-state index in [1.54, 1.807) is 25.3 Å². The second-order valence-corrected chi connectivity index (χ2v) is 10.3. The Balaban J connectivity index is 1.29. The van der Waals surface area contributed by atoms with Crippen LogP contribution in [-0.4, -0.2) is 38.4 Å². The fourth-order valence-corrected chi connectivity index (χ4v) is 4.49. The van der Waals surface area contributed by atoms with Gasteiger partial charge < -0.3 is 18.9 Å². The lowest BCUT2D eigenvalue weighted by Gasteiger charge is -2.13. The van der Waals surface area contributed by atoms with E-state index in [0.717, 1.165) is 33.5 Å². The van der Waals surface area contributed by atoms with Gasteiger partial charge in [-0.05, 0) is 78.9 Å². The smallest absolute Gasteiger partial charge is 0.341 e. The number of pyridine rings is 1. The first-order valence-electron chi connectivity index (χ1n) is 13.6. The van der Waals surface area contributed by atoms with Crippen LogP contribution in [0.1, 0.15) is 46.4 Å². The van der Waals surface area contributed by atoms with E-state index in [2.05, 4.69) is 12.1 Å². The van der Waals surface area contributed by atoms with Crippen molar-refractivity contribution in [2.45, 2.75) is 19.3 Å². The lowest BCUT2D eigenvalue weighted by molar-refractivity contribution is 0.0595. The third-order valence-corrected chi connectivity index (χ3v) is 7.00. The molecule has 0 saturated heterocycles. The summed E-state index contributed by atoms with van der Waals surface area (Å²) in [5.74, 6) is 1.96. The molecule has 0 unspecified atom stereocenters. The van der Waals surface area contributed by atoms with Gasteiger partial charge in [0.05, 0.1) is 38.6 Å². The molecule has 41 heavy (non-hydrogen) atoms. The van der Waals surface area contributed by atoms with Crippen LogP contribution in [0.4, 0.5) is 0 Å². The van der Waals surface area contributed by atoms with Crippen molar-refractivity contribution < 1.29 is 23.7 Å². The standard InChI is InChI=1S/C34H32ClNO5/c1-38-29-16-17-33(30(21-29)34(37)39-2)40-18-4-7-32(41-22-24-8-9-24)26-6-3-5-23(19-26)10-14-28-15-12-25-11-13-27(35)20-31(25)36-28/h3,5-7,10-17,19-21,24H,4,8-9,18,22H2,1-2H3/b14-10+,32-7+. The van der Waals surface area contributed by atoms with Crippen molar-refractivity contribution in [3.8, 4) is 11.5 Å². The van der Waals surface area contributed by atoms with Gasteiger partial charge in [-0.3, -0.25) is 0 Å². The molecule has 7 heteroatoms. The molecule has 0 atom stereocenters. The summed E-state index contributed by atoms with van der Waals surface area (Å²) in [6, 6.07) is 23.1. The molecule has 0 spiro atoms. The van der Waals surface area contributed by atoms with Crippen molar-refractivity contribution in [3.63, 3.8) is 0 Å². The Hall–Kier alpha value is -4.29. The quantitative estimate of drug-likeness (QED) is 0.0975. The van der Waals surface area contributed by atoms with Crippen molar-refractivity contribution in [1.29, 1.82) is 0 Å². The van der Waals surface area contributed by atoms with Crippen LogP contribution in [0.5, 0.6) is 11.5 Å². The van der Waals surface area contributed by atoms with E-state index >= 15 is 0 Å². The molecule has 5 rings (SSSR count). The van der Waals surface area contributed by atoms with Gasteiger partial charge in [-0.15, -0.1) is 0 Å². The van der Waals surface area contributed by atoms with Gasteiger partial charge >= 0.3 is 5.97 Å². The van der Waals surface area contributed by atoms with Gasteiger partial charge in [0.15, 0.2) is 0 Å². The molecule has 1 saturated carbocycles. The molecular formula is C34H32ClNO5. The Morgan fingerprint density at radius 2 is 1.85 bits per heavy atom. The number of methoxy groups -OCH3 is 2. The Labute approximate surface area is 245 Å². The molecular weight excluding hydrogens is 538 g/mol. The maximum absolute atomic E-state index is 12.2. The number of fused-ring (bicyclic) bond motifs is 1. The van der Waals surface area contributed by atoms with Crippen LogP contribution in [-0.2, 0) is 9.47 Å². The van der Waals surface area contributed by atoms with Crippen LogP contribution in [0.2, 0.25) is 5.02 Å². The number of esters is 1. The van der Waals surface area contributed by atoms with Gasteiger partial charge in [0.25, 0.3) is 0 Å². The number of rotatable bonds is 12. The average molecular weight is 570 g/mol. The first-order chi connectivity index (χ1) is 20.0. The van der Waals surface area contributed by atoms with E-state index < -0.39 is 5.97 Å². The highest BCUT2D eigenvalue weighted by Crippen LogP contribution is 2.31. The first kappa shape index (κ1) is 28.2. The molecule has 0 N–H and O–H groups in total. The molecule has 3 aromatic carbocycles. The largest absolute Gasteiger partial charge is 0.497 e. The van der Waals surface area contributed by atoms with Gasteiger partial charge in [0.1, 0.15) is 22.8 Å². The fraction of sp³-hybridized carbons (Fsp3) is 0.235. The number of nitrogens with zero attached hydrogens (tertiary/aromatic N) is 1. The van der Waals surface area contributed by atoms with E-state index in [1.165, 1.54) is 20.0 Å². The van der Waals surface area contributed by atoms with E-state index in [-0.39, 0.29) is 0 Å². The highest BCUT2D eigenvalue weighted by Gasteiger charge is 2.22. The van der Waals surface area contributed by atoms with Gasteiger partial charge in [0.2, 0.25) is 0 Å².